The van der Waals surface area contributed by atoms with E-state index in [0.29, 0.717) is 17.9 Å². The maximum Gasteiger partial charge on any atom is 0.274 e. The van der Waals surface area contributed by atoms with Gasteiger partial charge in [-0.25, -0.2) is 4.98 Å². The number of morpholine rings is 1. The van der Waals surface area contributed by atoms with E-state index >= 15 is 0 Å². The molecule has 0 spiro atoms. The van der Waals surface area contributed by atoms with Gasteiger partial charge in [0.25, 0.3) is 5.91 Å². The number of carbonyl (C=O) groups is 1. The first-order valence-electron chi connectivity index (χ1n) is 13.8. The van der Waals surface area contributed by atoms with Crippen LogP contribution in [-0.2, 0) is 16.0 Å². The third-order valence-electron chi connectivity index (χ3n) is 7.68. The van der Waals surface area contributed by atoms with Crippen LogP contribution in [-0.4, -0.2) is 78.7 Å². The number of carbonyl (C=O) groups excluding carboxylic acids is 1. The van der Waals surface area contributed by atoms with Crippen LogP contribution in [0.4, 0.5) is 17.2 Å². The number of aromatic nitrogens is 2. The van der Waals surface area contributed by atoms with Crippen LogP contribution in [0.1, 0.15) is 30.4 Å². The monoisotopic (exact) mass is 526 g/mol. The van der Waals surface area contributed by atoms with E-state index < -0.39 is 0 Å². The number of aliphatic imine (C=N–C) groups is 1. The number of nitrogens with one attached hydrogen (secondary N) is 1. The molecule has 5 heterocycles. The largest absolute Gasteiger partial charge is 0.393 e. The predicted octanol–water partition coefficient (Wildman–Crippen LogP) is 3.32. The van der Waals surface area contributed by atoms with Crippen LogP contribution >= 0.6 is 0 Å². The second-order valence-electron chi connectivity index (χ2n) is 10.3. The molecule has 3 aromatic rings. The van der Waals surface area contributed by atoms with E-state index in [1.165, 1.54) is 0 Å². The van der Waals surface area contributed by atoms with E-state index in [9.17, 15) is 9.90 Å². The van der Waals surface area contributed by atoms with Gasteiger partial charge in [-0.1, -0.05) is 12.1 Å². The fourth-order valence-electron chi connectivity index (χ4n) is 5.45. The number of aryl methyl sites for hydroxylation is 1. The number of fused-ring (bicyclic) bond motifs is 1. The van der Waals surface area contributed by atoms with Crippen molar-refractivity contribution in [3.05, 3.63) is 66.1 Å². The van der Waals surface area contributed by atoms with Gasteiger partial charge in [-0.2, -0.15) is 0 Å². The van der Waals surface area contributed by atoms with E-state index in [0.717, 1.165) is 98.8 Å². The number of anilines is 3. The molecule has 2 N–H and O–H groups in total. The lowest BCUT2D eigenvalue weighted by atomic mass is 9.95. The van der Waals surface area contributed by atoms with Crippen LogP contribution in [0.2, 0.25) is 0 Å². The summed E-state index contributed by atoms with van der Waals surface area (Å²) in [5.74, 6) is 0.626. The molecule has 3 aliphatic heterocycles. The minimum atomic E-state index is -0.230. The number of piperidine rings is 1. The standard InChI is InChI=1S/C30H34N6O3/c37-26-7-10-36(11-8-26)28-6-5-24(19-33-28)34-30(38)29-27-17-22(4-3-21(27)2-1-9-32-29)23-16-25(20-31-18-23)35-12-14-39-15-13-35/h3-6,16-20,26,37H,1-2,7-15H2,(H,34,38). The first-order valence-corrected chi connectivity index (χ1v) is 13.8. The molecule has 39 heavy (non-hydrogen) atoms. The summed E-state index contributed by atoms with van der Waals surface area (Å²) in [6.07, 6.45) is 8.50. The molecule has 6 rings (SSSR count). The maximum absolute atomic E-state index is 13.5. The summed E-state index contributed by atoms with van der Waals surface area (Å²) in [6, 6.07) is 12.3. The van der Waals surface area contributed by atoms with Crippen molar-refractivity contribution < 1.29 is 14.6 Å². The Balaban J connectivity index is 1.21. The van der Waals surface area contributed by atoms with Gasteiger partial charge < -0.3 is 25.0 Å². The second kappa shape index (κ2) is 11.5. The van der Waals surface area contributed by atoms with E-state index in [4.69, 9.17) is 9.73 Å². The van der Waals surface area contributed by atoms with Crippen LogP contribution in [0, 0.1) is 0 Å². The van der Waals surface area contributed by atoms with Gasteiger partial charge in [0.2, 0.25) is 0 Å². The Kier molecular flexibility index (Phi) is 7.51. The zero-order chi connectivity index (χ0) is 26.6. The van der Waals surface area contributed by atoms with Crippen molar-refractivity contribution in [3.8, 4) is 11.1 Å². The molecule has 9 heteroatoms. The summed E-state index contributed by atoms with van der Waals surface area (Å²) < 4.78 is 5.50. The van der Waals surface area contributed by atoms with Gasteiger partial charge in [-0.05, 0) is 61.1 Å². The summed E-state index contributed by atoms with van der Waals surface area (Å²) in [7, 11) is 0. The fraction of sp³-hybridized carbons (Fsp3) is 0.400. The smallest absolute Gasteiger partial charge is 0.274 e. The van der Waals surface area contributed by atoms with E-state index in [1.807, 2.05) is 24.5 Å². The quantitative estimate of drug-likeness (QED) is 0.526. The summed E-state index contributed by atoms with van der Waals surface area (Å²) in [4.78, 5) is 31.7. The Morgan fingerprint density at radius 2 is 1.79 bits per heavy atom. The zero-order valence-electron chi connectivity index (χ0n) is 22.1. The zero-order valence-corrected chi connectivity index (χ0v) is 22.1. The summed E-state index contributed by atoms with van der Waals surface area (Å²) in [5.41, 5.74) is 6.18. The molecule has 2 fully saturated rings. The van der Waals surface area contributed by atoms with Gasteiger partial charge in [-0.3, -0.25) is 14.8 Å². The lowest BCUT2D eigenvalue weighted by Crippen LogP contribution is -2.36. The third-order valence-corrected chi connectivity index (χ3v) is 7.68. The highest BCUT2D eigenvalue weighted by molar-refractivity contribution is 6.49. The molecule has 2 aromatic heterocycles. The number of aliphatic hydroxyl groups excluding tert-OH is 1. The maximum atomic E-state index is 13.5. The average molecular weight is 527 g/mol. The van der Waals surface area contributed by atoms with E-state index in [1.54, 1.807) is 6.20 Å². The van der Waals surface area contributed by atoms with Gasteiger partial charge >= 0.3 is 0 Å². The molecule has 0 radical (unpaired) electrons. The number of aliphatic hydroxyl groups is 1. The highest BCUT2D eigenvalue weighted by atomic mass is 16.5. The molecule has 0 atom stereocenters. The Morgan fingerprint density at radius 3 is 2.59 bits per heavy atom. The molecular formula is C30H34N6O3. The normalized spacial score (nSPS) is 18.2. The third kappa shape index (κ3) is 5.79. The number of hydrogen-bond acceptors (Lipinski definition) is 8. The molecule has 0 aliphatic carbocycles. The lowest BCUT2D eigenvalue weighted by molar-refractivity contribution is -0.110. The first-order chi connectivity index (χ1) is 19.1. The minimum absolute atomic E-state index is 0.228. The van der Waals surface area contributed by atoms with Crippen LogP contribution in [0.5, 0.6) is 0 Å². The lowest BCUT2D eigenvalue weighted by Gasteiger charge is -2.30. The number of nitrogens with zero attached hydrogens (tertiary/aromatic N) is 5. The van der Waals surface area contributed by atoms with Crippen LogP contribution < -0.4 is 15.1 Å². The first kappa shape index (κ1) is 25.5. The number of rotatable bonds is 5. The summed E-state index contributed by atoms with van der Waals surface area (Å²) >= 11 is 0. The number of benzene rings is 1. The topological polar surface area (TPSA) is 103 Å². The van der Waals surface area contributed by atoms with Crippen LogP contribution in [0.15, 0.2) is 60.0 Å². The van der Waals surface area contributed by atoms with Gasteiger partial charge in [-0.15, -0.1) is 0 Å². The molecule has 202 valence electrons. The molecule has 3 aliphatic rings. The fourth-order valence-corrected chi connectivity index (χ4v) is 5.45. The highest BCUT2D eigenvalue weighted by Crippen LogP contribution is 2.28. The minimum Gasteiger partial charge on any atom is -0.393 e. The Bertz CT molecular complexity index is 1350. The second-order valence-corrected chi connectivity index (χ2v) is 10.3. The molecule has 1 amide bonds. The molecule has 1 aromatic carbocycles. The van der Waals surface area contributed by atoms with Gasteiger partial charge in [0.1, 0.15) is 11.5 Å². The highest BCUT2D eigenvalue weighted by Gasteiger charge is 2.22. The molecule has 9 nitrogen and oxygen atoms in total. The van der Waals surface area contributed by atoms with Gasteiger partial charge in [0, 0.05) is 50.0 Å². The number of pyridine rings is 2. The van der Waals surface area contributed by atoms with Crippen molar-refractivity contribution in [1.29, 1.82) is 0 Å². The van der Waals surface area contributed by atoms with Crippen molar-refractivity contribution in [2.24, 2.45) is 4.99 Å². The van der Waals surface area contributed by atoms with Crippen molar-refractivity contribution in [2.75, 3.05) is 61.1 Å². The van der Waals surface area contributed by atoms with E-state index in [-0.39, 0.29) is 12.0 Å². The molecule has 0 saturated carbocycles. The number of amides is 1. The summed E-state index contributed by atoms with van der Waals surface area (Å²) in [6.45, 7) is 5.31. The van der Waals surface area contributed by atoms with Gasteiger partial charge in [0.05, 0.1) is 43.1 Å². The average Bonchev–Trinajstić information content (AvgIpc) is 3.21. The van der Waals surface area contributed by atoms with Crippen molar-refractivity contribution in [2.45, 2.75) is 31.8 Å². The van der Waals surface area contributed by atoms with E-state index in [2.05, 4.69) is 49.4 Å². The number of hydrogen-bond donors (Lipinski definition) is 2. The Labute approximate surface area is 228 Å². The SMILES string of the molecule is O=C(Nc1ccc(N2CCC(O)CC2)nc1)C1=NCCCc2ccc(-c3cncc(N4CCOCC4)c3)cc21. The van der Waals surface area contributed by atoms with Crippen LogP contribution in [0.3, 0.4) is 0 Å². The van der Waals surface area contributed by atoms with Crippen molar-refractivity contribution in [3.63, 3.8) is 0 Å². The predicted molar refractivity (Wildman–Crippen MR) is 153 cm³/mol. The van der Waals surface area contributed by atoms with Crippen molar-refractivity contribution in [1.82, 2.24) is 9.97 Å². The van der Waals surface area contributed by atoms with Crippen LogP contribution in [0.25, 0.3) is 11.1 Å². The number of ether oxygens (including phenoxy) is 1. The summed E-state index contributed by atoms with van der Waals surface area (Å²) in [5, 5.41) is 12.8. The molecular weight excluding hydrogens is 492 g/mol. The Morgan fingerprint density at radius 1 is 0.949 bits per heavy atom. The molecule has 2 saturated heterocycles. The Hall–Kier alpha value is -3.82. The van der Waals surface area contributed by atoms with Gasteiger partial charge in [0.15, 0.2) is 0 Å². The molecule has 0 unspecified atom stereocenters. The molecule has 0 bridgehead atoms. The van der Waals surface area contributed by atoms with Crippen molar-refractivity contribution >= 4 is 28.8 Å².